The van der Waals surface area contributed by atoms with E-state index >= 15 is 0 Å². The van der Waals surface area contributed by atoms with E-state index in [2.05, 4.69) is 22.9 Å². The first-order chi connectivity index (χ1) is 10.0. The molecule has 21 heavy (non-hydrogen) atoms. The standard InChI is InChI=1S/C16H23N3O2/c1-4-5-6-17-15(20)9-14-16(21)19-13-8-11(3)10(2)7-12(13)18-14/h7-8,14,18H,4-6,9H2,1-3H3,(H,17,20)(H,19,21)/t14-/m0/s1. The first-order valence-electron chi connectivity index (χ1n) is 7.46. The molecule has 0 spiro atoms. The lowest BCUT2D eigenvalue weighted by molar-refractivity contribution is -0.125. The Bertz CT molecular complexity index is 555. The summed E-state index contributed by atoms with van der Waals surface area (Å²) in [7, 11) is 0. The van der Waals surface area contributed by atoms with Crippen molar-refractivity contribution in [3.63, 3.8) is 0 Å². The molecule has 0 radical (unpaired) electrons. The maximum atomic E-state index is 12.1. The van der Waals surface area contributed by atoms with Gasteiger partial charge in [-0.1, -0.05) is 13.3 Å². The van der Waals surface area contributed by atoms with Crippen LogP contribution in [-0.2, 0) is 9.59 Å². The second-order valence-electron chi connectivity index (χ2n) is 5.58. The van der Waals surface area contributed by atoms with Gasteiger partial charge in [0.1, 0.15) is 6.04 Å². The molecule has 0 saturated carbocycles. The van der Waals surface area contributed by atoms with E-state index in [1.54, 1.807) is 0 Å². The molecule has 1 aliphatic heterocycles. The van der Waals surface area contributed by atoms with Crippen molar-refractivity contribution < 1.29 is 9.59 Å². The fraction of sp³-hybridized carbons (Fsp3) is 0.500. The normalized spacial score (nSPS) is 16.7. The molecule has 0 bridgehead atoms. The van der Waals surface area contributed by atoms with Crippen LogP contribution in [0.25, 0.3) is 0 Å². The van der Waals surface area contributed by atoms with Crippen molar-refractivity contribution in [3.05, 3.63) is 23.3 Å². The van der Waals surface area contributed by atoms with Crippen molar-refractivity contribution in [1.29, 1.82) is 0 Å². The summed E-state index contributed by atoms with van der Waals surface area (Å²) in [5, 5.41) is 8.87. The highest BCUT2D eigenvalue weighted by Gasteiger charge is 2.27. The maximum absolute atomic E-state index is 12.1. The van der Waals surface area contributed by atoms with Crippen LogP contribution in [0.15, 0.2) is 12.1 Å². The first-order valence-corrected chi connectivity index (χ1v) is 7.46. The molecule has 0 aromatic heterocycles. The molecule has 1 aromatic rings. The van der Waals surface area contributed by atoms with Crippen LogP contribution in [0.5, 0.6) is 0 Å². The van der Waals surface area contributed by atoms with E-state index in [9.17, 15) is 9.59 Å². The number of fused-ring (bicyclic) bond motifs is 1. The second-order valence-corrected chi connectivity index (χ2v) is 5.58. The zero-order valence-corrected chi connectivity index (χ0v) is 12.9. The predicted molar refractivity (Wildman–Crippen MR) is 84.5 cm³/mol. The van der Waals surface area contributed by atoms with E-state index in [0.29, 0.717) is 6.54 Å². The monoisotopic (exact) mass is 289 g/mol. The highest BCUT2D eigenvalue weighted by Crippen LogP contribution is 2.30. The zero-order chi connectivity index (χ0) is 15.4. The number of benzene rings is 1. The third kappa shape index (κ3) is 3.74. The molecule has 2 amide bonds. The van der Waals surface area contributed by atoms with Crippen molar-refractivity contribution in [2.75, 3.05) is 17.2 Å². The van der Waals surface area contributed by atoms with E-state index < -0.39 is 6.04 Å². The Morgan fingerprint density at radius 3 is 2.57 bits per heavy atom. The Balaban J connectivity index is 2.01. The van der Waals surface area contributed by atoms with Gasteiger partial charge in [-0.2, -0.15) is 0 Å². The summed E-state index contributed by atoms with van der Waals surface area (Å²) in [4.78, 5) is 23.9. The Kier molecular flexibility index (Phi) is 4.83. The number of anilines is 2. The highest BCUT2D eigenvalue weighted by molar-refractivity contribution is 6.05. The van der Waals surface area contributed by atoms with Crippen LogP contribution in [-0.4, -0.2) is 24.4 Å². The largest absolute Gasteiger partial charge is 0.372 e. The fourth-order valence-electron chi connectivity index (χ4n) is 2.32. The molecule has 2 rings (SSSR count). The van der Waals surface area contributed by atoms with Gasteiger partial charge in [0.2, 0.25) is 11.8 Å². The Hall–Kier alpha value is -2.04. The molecule has 0 aliphatic carbocycles. The summed E-state index contributed by atoms with van der Waals surface area (Å²) in [6.07, 6.45) is 2.15. The number of carbonyl (C=O) groups is 2. The van der Waals surface area contributed by atoms with Crippen LogP contribution in [0.2, 0.25) is 0 Å². The third-order valence-corrected chi connectivity index (χ3v) is 3.78. The summed E-state index contributed by atoms with van der Waals surface area (Å²) in [5.74, 6) is -0.250. The molecule has 1 aliphatic rings. The van der Waals surface area contributed by atoms with E-state index in [1.807, 2.05) is 26.0 Å². The smallest absolute Gasteiger partial charge is 0.247 e. The number of rotatable bonds is 5. The van der Waals surface area contributed by atoms with Crippen LogP contribution in [0.4, 0.5) is 11.4 Å². The lowest BCUT2D eigenvalue weighted by atomic mass is 10.0. The van der Waals surface area contributed by atoms with Crippen molar-refractivity contribution in [3.8, 4) is 0 Å². The van der Waals surface area contributed by atoms with Gasteiger partial charge in [-0.25, -0.2) is 0 Å². The first kappa shape index (κ1) is 15.4. The van der Waals surface area contributed by atoms with Gasteiger partial charge >= 0.3 is 0 Å². The zero-order valence-electron chi connectivity index (χ0n) is 12.9. The molecule has 0 fully saturated rings. The van der Waals surface area contributed by atoms with Gasteiger partial charge in [0.05, 0.1) is 17.8 Å². The number of unbranched alkanes of at least 4 members (excludes halogenated alkanes) is 1. The van der Waals surface area contributed by atoms with Gasteiger partial charge in [-0.3, -0.25) is 9.59 Å². The number of hydrogen-bond donors (Lipinski definition) is 3. The topological polar surface area (TPSA) is 70.2 Å². The number of nitrogens with one attached hydrogen (secondary N) is 3. The number of aryl methyl sites for hydroxylation is 2. The van der Waals surface area contributed by atoms with E-state index in [4.69, 9.17) is 0 Å². The van der Waals surface area contributed by atoms with Crippen LogP contribution >= 0.6 is 0 Å². The predicted octanol–water partition coefficient (Wildman–Crippen LogP) is 2.34. The maximum Gasteiger partial charge on any atom is 0.247 e. The van der Waals surface area contributed by atoms with Crippen molar-refractivity contribution in [1.82, 2.24) is 5.32 Å². The second kappa shape index (κ2) is 6.61. The fourth-order valence-corrected chi connectivity index (χ4v) is 2.32. The van der Waals surface area contributed by atoms with Gasteiger partial charge in [-0.05, 0) is 43.5 Å². The summed E-state index contributed by atoms with van der Waals surface area (Å²) in [6, 6.07) is 3.44. The summed E-state index contributed by atoms with van der Waals surface area (Å²) >= 11 is 0. The van der Waals surface area contributed by atoms with E-state index in [1.165, 1.54) is 0 Å². The molecule has 1 atom stereocenters. The Morgan fingerprint density at radius 2 is 1.90 bits per heavy atom. The van der Waals surface area contributed by atoms with Gasteiger partial charge in [0.15, 0.2) is 0 Å². The summed E-state index contributed by atoms with van der Waals surface area (Å²) in [5.41, 5.74) is 3.95. The molecular weight excluding hydrogens is 266 g/mol. The van der Waals surface area contributed by atoms with Crippen LogP contribution in [0.1, 0.15) is 37.3 Å². The molecule has 5 heteroatoms. The minimum atomic E-state index is -0.513. The molecule has 0 unspecified atom stereocenters. The van der Waals surface area contributed by atoms with E-state index in [0.717, 1.165) is 35.3 Å². The molecule has 3 N–H and O–H groups in total. The Labute approximate surface area is 125 Å². The van der Waals surface area contributed by atoms with Gasteiger partial charge in [0.25, 0.3) is 0 Å². The molecule has 1 heterocycles. The minimum Gasteiger partial charge on any atom is -0.372 e. The van der Waals surface area contributed by atoms with Crippen molar-refractivity contribution >= 4 is 23.2 Å². The highest BCUT2D eigenvalue weighted by atomic mass is 16.2. The van der Waals surface area contributed by atoms with Gasteiger partial charge in [0, 0.05) is 6.54 Å². The lowest BCUT2D eigenvalue weighted by Gasteiger charge is -2.27. The molecule has 114 valence electrons. The SMILES string of the molecule is CCCCNC(=O)C[C@@H]1Nc2cc(C)c(C)cc2NC1=O. The van der Waals surface area contributed by atoms with Crippen LogP contribution in [0, 0.1) is 13.8 Å². The summed E-state index contributed by atoms with van der Waals surface area (Å²) < 4.78 is 0. The van der Waals surface area contributed by atoms with Crippen molar-refractivity contribution in [2.24, 2.45) is 0 Å². The van der Waals surface area contributed by atoms with Crippen molar-refractivity contribution in [2.45, 2.75) is 46.1 Å². The van der Waals surface area contributed by atoms with E-state index in [-0.39, 0.29) is 18.2 Å². The van der Waals surface area contributed by atoms with Crippen LogP contribution in [0.3, 0.4) is 0 Å². The number of hydrogen-bond acceptors (Lipinski definition) is 3. The third-order valence-electron chi connectivity index (χ3n) is 3.78. The molecule has 0 saturated heterocycles. The lowest BCUT2D eigenvalue weighted by Crippen LogP contribution is -2.42. The number of amides is 2. The average molecular weight is 289 g/mol. The number of carbonyl (C=O) groups excluding carboxylic acids is 2. The quantitative estimate of drug-likeness (QED) is 0.729. The van der Waals surface area contributed by atoms with Crippen LogP contribution < -0.4 is 16.0 Å². The summed E-state index contributed by atoms with van der Waals surface area (Å²) in [6.45, 7) is 6.78. The minimum absolute atomic E-state index is 0.0941. The molecule has 1 aromatic carbocycles. The van der Waals surface area contributed by atoms with Gasteiger partial charge < -0.3 is 16.0 Å². The average Bonchev–Trinajstić information content (AvgIpc) is 2.42. The molecular formula is C16H23N3O2. The Morgan fingerprint density at radius 1 is 1.24 bits per heavy atom. The van der Waals surface area contributed by atoms with Gasteiger partial charge in [-0.15, -0.1) is 0 Å². The molecule has 5 nitrogen and oxygen atoms in total.